The minimum absolute atomic E-state index is 0.270. The number of ether oxygens (including phenoxy) is 1. The molecule has 0 aliphatic carbocycles. The third-order valence-electron chi connectivity index (χ3n) is 11.4. The molecule has 0 N–H and O–H groups in total. The van der Waals surface area contributed by atoms with Gasteiger partial charge in [0.2, 0.25) is 0 Å². The summed E-state index contributed by atoms with van der Waals surface area (Å²) in [7, 11) is 0. The van der Waals surface area contributed by atoms with Gasteiger partial charge in [-0.1, -0.05) is 139 Å². The van der Waals surface area contributed by atoms with Gasteiger partial charge in [-0.2, -0.15) is 0 Å². The van der Waals surface area contributed by atoms with Crippen LogP contribution in [0.4, 0.5) is 17.1 Å². The number of carbonyl (C=O) groups is 1. The van der Waals surface area contributed by atoms with Gasteiger partial charge < -0.3 is 9.64 Å². The summed E-state index contributed by atoms with van der Waals surface area (Å²) in [6.07, 6.45) is 0.817. The van der Waals surface area contributed by atoms with Crippen LogP contribution in [0.15, 0.2) is 152 Å². The molecule has 0 spiro atoms. The van der Waals surface area contributed by atoms with Crippen LogP contribution in [0.1, 0.15) is 40.9 Å². The Morgan fingerprint density at radius 1 is 0.534 bits per heavy atom. The smallest absolute Gasteiger partial charge is 0.341 e. The maximum atomic E-state index is 14.4. The second-order valence-electron chi connectivity index (χ2n) is 15.0. The number of fused-ring (bicyclic) bond motifs is 5. The molecule has 0 aliphatic rings. The van der Waals surface area contributed by atoms with Crippen molar-refractivity contribution in [3.05, 3.63) is 174 Å². The molecule has 0 unspecified atom stereocenters. The summed E-state index contributed by atoms with van der Waals surface area (Å²) < 4.78 is 8.08. The van der Waals surface area contributed by atoms with Gasteiger partial charge >= 0.3 is 5.97 Å². The Kier molecular flexibility index (Phi) is 9.08. The van der Waals surface area contributed by atoms with Crippen molar-refractivity contribution in [3.63, 3.8) is 0 Å². The number of thiophene rings is 2. The van der Waals surface area contributed by atoms with E-state index in [4.69, 9.17) is 4.74 Å². The normalized spacial score (nSPS) is 11.7. The van der Waals surface area contributed by atoms with Crippen LogP contribution in [-0.4, -0.2) is 12.6 Å². The highest BCUT2D eigenvalue weighted by Crippen LogP contribution is 2.55. The van der Waals surface area contributed by atoms with E-state index in [1.807, 2.05) is 6.92 Å². The lowest BCUT2D eigenvalue weighted by Crippen LogP contribution is -2.11. The zero-order chi connectivity index (χ0) is 39.5. The van der Waals surface area contributed by atoms with Gasteiger partial charge in [0.25, 0.3) is 0 Å². The second kappa shape index (κ2) is 14.6. The van der Waals surface area contributed by atoms with E-state index >= 15 is 0 Å². The molecular weight excluding hydrogens is 747 g/mol. The average Bonchev–Trinajstić information content (AvgIpc) is 3.79. The van der Waals surface area contributed by atoms with Crippen molar-refractivity contribution < 1.29 is 9.53 Å². The van der Waals surface area contributed by atoms with Crippen LogP contribution < -0.4 is 4.90 Å². The van der Waals surface area contributed by atoms with Crippen LogP contribution in [0.3, 0.4) is 0 Å². The lowest BCUT2D eigenvalue weighted by molar-refractivity contribution is 0.0530. The third kappa shape index (κ3) is 5.80. The third-order valence-corrected chi connectivity index (χ3v) is 14.0. The van der Waals surface area contributed by atoms with Crippen LogP contribution in [-0.2, 0) is 11.2 Å². The van der Waals surface area contributed by atoms with Crippen molar-refractivity contribution in [2.45, 2.75) is 34.1 Å². The van der Waals surface area contributed by atoms with E-state index in [9.17, 15) is 4.79 Å². The number of rotatable bonds is 8. The first-order valence-corrected chi connectivity index (χ1v) is 21.6. The molecule has 2 heterocycles. The van der Waals surface area contributed by atoms with E-state index in [0.29, 0.717) is 12.2 Å². The van der Waals surface area contributed by atoms with E-state index in [1.165, 1.54) is 48.7 Å². The van der Waals surface area contributed by atoms with Crippen molar-refractivity contribution in [3.8, 4) is 20.9 Å². The average molecular weight is 788 g/mol. The summed E-state index contributed by atoms with van der Waals surface area (Å²) >= 11 is 3.49. The highest BCUT2D eigenvalue weighted by Gasteiger charge is 2.30. The Balaban J connectivity index is 1.29. The van der Waals surface area contributed by atoms with Crippen LogP contribution in [0, 0.1) is 13.8 Å². The topological polar surface area (TPSA) is 29.5 Å². The van der Waals surface area contributed by atoms with E-state index in [2.05, 4.69) is 177 Å². The lowest BCUT2D eigenvalue weighted by Gasteiger charge is -2.29. The van der Waals surface area contributed by atoms with Crippen molar-refractivity contribution in [2.75, 3.05) is 11.5 Å². The number of esters is 1. The summed E-state index contributed by atoms with van der Waals surface area (Å²) in [5.41, 5.74) is 10.1. The summed E-state index contributed by atoms with van der Waals surface area (Å²) in [5.74, 6) is -0.270. The van der Waals surface area contributed by atoms with E-state index in [0.717, 1.165) is 64.9 Å². The summed E-state index contributed by atoms with van der Waals surface area (Å²) in [5, 5.41) is 9.29. The minimum Gasteiger partial charge on any atom is -0.462 e. The monoisotopic (exact) mass is 787 g/mol. The van der Waals surface area contributed by atoms with Gasteiger partial charge in [-0.15, -0.1) is 22.7 Å². The van der Waals surface area contributed by atoms with Gasteiger partial charge in [-0.05, 0) is 95.4 Å². The predicted molar refractivity (Wildman–Crippen MR) is 250 cm³/mol. The Hall–Kier alpha value is -6.27. The van der Waals surface area contributed by atoms with Crippen molar-refractivity contribution in [1.82, 2.24) is 0 Å². The molecular formula is C53H41NO2S2. The van der Waals surface area contributed by atoms with E-state index in [-0.39, 0.29) is 5.97 Å². The summed E-state index contributed by atoms with van der Waals surface area (Å²) in [4.78, 5) is 19.0. The van der Waals surface area contributed by atoms with E-state index in [1.54, 1.807) is 22.7 Å². The van der Waals surface area contributed by atoms with Crippen molar-refractivity contribution >= 4 is 98.2 Å². The lowest BCUT2D eigenvalue weighted by atomic mass is 9.91. The van der Waals surface area contributed by atoms with Gasteiger partial charge in [-0.25, -0.2) is 4.79 Å². The Morgan fingerprint density at radius 2 is 0.983 bits per heavy atom. The quantitative estimate of drug-likeness (QED) is 0.113. The Labute approximate surface area is 346 Å². The van der Waals surface area contributed by atoms with Gasteiger partial charge in [0, 0.05) is 38.2 Å². The van der Waals surface area contributed by atoms with E-state index < -0.39 is 0 Å². The largest absolute Gasteiger partial charge is 0.462 e. The molecule has 10 rings (SSSR count). The van der Waals surface area contributed by atoms with Gasteiger partial charge in [0.1, 0.15) is 0 Å². The molecule has 282 valence electrons. The molecule has 0 bridgehead atoms. The molecule has 10 aromatic rings. The van der Waals surface area contributed by atoms with Crippen LogP contribution >= 0.6 is 22.7 Å². The molecule has 0 amide bonds. The molecule has 0 atom stereocenters. The molecule has 0 aliphatic heterocycles. The Bertz CT molecular complexity index is 3050. The zero-order valence-corrected chi connectivity index (χ0v) is 34.6. The molecule has 0 saturated heterocycles. The highest BCUT2D eigenvalue weighted by molar-refractivity contribution is 7.32. The number of benzene rings is 8. The number of anilines is 3. The van der Waals surface area contributed by atoms with Crippen molar-refractivity contribution in [2.24, 2.45) is 0 Å². The number of nitrogens with zero attached hydrogens (tertiary/aromatic N) is 1. The number of carbonyl (C=O) groups excluding carboxylic acids is 1. The van der Waals surface area contributed by atoms with Gasteiger partial charge in [0.15, 0.2) is 0 Å². The standard InChI is InChI=1S/C53H41NO2S2/c1-5-38-49(57-52-47(53(55)56-6-2)51(58-50(38)52)45-39-17-9-7-15-34(39)31-35-16-8-10-18-40(35)45)46-41-19-11-13-21-43(41)48(44-22-14-12-20-42(44)46)54(36-27-23-32(3)24-28-36)37-29-25-33(4)26-30-37/h7-31H,5-6H2,1-4H3. The first kappa shape index (κ1) is 36.1. The fourth-order valence-electron chi connectivity index (χ4n) is 8.71. The van der Waals surface area contributed by atoms with Crippen LogP contribution in [0.2, 0.25) is 0 Å². The Morgan fingerprint density at radius 3 is 1.48 bits per heavy atom. The number of hydrogen-bond donors (Lipinski definition) is 0. The fraction of sp³-hybridized carbons (Fsp3) is 0.113. The fourth-order valence-corrected chi connectivity index (χ4v) is 11.9. The number of aryl methyl sites for hydroxylation is 3. The first-order chi connectivity index (χ1) is 28.4. The highest BCUT2D eigenvalue weighted by atomic mass is 32.1. The zero-order valence-electron chi connectivity index (χ0n) is 32.9. The number of hydrogen-bond acceptors (Lipinski definition) is 5. The molecule has 0 radical (unpaired) electrons. The predicted octanol–water partition coefficient (Wildman–Crippen LogP) is 15.7. The SMILES string of the molecule is CCOC(=O)c1c(-c2c3ccccc3cc3ccccc23)sc2c(CC)c(-c3c4ccccc4c(N(c4ccc(C)cc4)c4ccc(C)cc4)c4ccccc34)sc12. The minimum atomic E-state index is -0.270. The molecule has 58 heavy (non-hydrogen) atoms. The van der Waals surface area contributed by atoms with Crippen LogP contribution in [0.5, 0.6) is 0 Å². The van der Waals surface area contributed by atoms with Crippen LogP contribution in [0.25, 0.3) is 73.4 Å². The molecule has 3 nitrogen and oxygen atoms in total. The van der Waals surface area contributed by atoms with Gasteiger partial charge in [-0.3, -0.25) is 0 Å². The van der Waals surface area contributed by atoms with Crippen molar-refractivity contribution in [1.29, 1.82) is 0 Å². The molecule has 0 fully saturated rings. The molecule has 2 aromatic heterocycles. The first-order valence-electron chi connectivity index (χ1n) is 20.0. The molecule has 5 heteroatoms. The summed E-state index contributed by atoms with van der Waals surface area (Å²) in [6, 6.07) is 54.7. The summed E-state index contributed by atoms with van der Waals surface area (Å²) in [6.45, 7) is 8.72. The van der Waals surface area contributed by atoms with Gasteiger partial charge in [0.05, 0.1) is 32.1 Å². The maximum Gasteiger partial charge on any atom is 0.341 e. The second-order valence-corrected chi connectivity index (χ2v) is 17.0. The molecule has 0 saturated carbocycles. The molecule has 8 aromatic carbocycles. The maximum absolute atomic E-state index is 14.4.